The average molecular weight is 356 g/mol. The summed E-state index contributed by atoms with van der Waals surface area (Å²) >= 11 is 1.58. The number of hydrogen-bond donors (Lipinski definition) is 0. The van der Waals surface area contributed by atoms with E-state index in [0.29, 0.717) is 18.4 Å². The predicted molar refractivity (Wildman–Crippen MR) is 94.1 cm³/mol. The second kappa shape index (κ2) is 7.23. The Bertz CT molecular complexity index is 851. The molecule has 0 radical (unpaired) electrons. The van der Waals surface area contributed by atoms with Gasteiger partial charge >= 0.3 is 0 Å². The summed E-state index contributed by atoms with van der Waals surface area (Å²) in [6, 6.07) is 10.8. The number of hydrogen-bond acceptors (Lipinski definition) is 5. The highest BCUT2D eigenvalue weighted by molar-refractivity contribution is 7.99. The zero-order chi connectivity index (χ0) is 17.1. The third-order valence-corrected chi connectivity index (χ3v) is 4.81. The Balaban J connectivity index is 1.43. The van der Waals surface area contributed by atoms with Crippen LogP contribution < -0.4 is 4.74 Å². The summed E-state index contributed by atoms with van der Waals surface area (Å²) in [6.07, 6.45) is 5.84. The predicted octanol–water partition coefficient (Wildman–Crippen LogP) is 3.99. The summed E-state index contributed by atoms with van der Waals surface area (Å²) in [7, 11) is 0. The number of nitrogens with zero attached hydrogens (tertiary/aromatic N) is 4. The lowest BCUT2D eigenvalue weighted by atomic mass is 10.3. The van der Waals surface area contributed by atoms with Gasteiger partial charge in [0.1, 0.15) is 0 Å². The normalized spacial score (nSPS) is 13.8. The number of pyridine rings is 1. The molecule has 0 saturated heterocycles. The van der Waals surface area contributed by atoms with Gasteiger partial charge in [0.15, 0.2) is 22.5 Å². The molecule has 0 aliphatic heterocycles. The van der Waals surface area contributed by atoms with Crippen molar-refractivity contribution in [2.45, 2.75) is 24.0 Å². The Kier molecular flexibility index (Phi) is 4.65. The molecule has 0 N–H and O–H groups in total. The molecule has 1 fully saturated rings. The van der Waals surface area contributed by atoms with Gasteiger partial charge in [0.2, 0.25) is 0 Å². The molecule has 1 saturated carbocycles. The van der Waals surface area contributed by atoms with Crippen molar-refractivity contribution in [3.8, 4) is 17.1 Å². The minimum Gasteiger partial charge on any atom is -0.490 e. The molecule has 0 unspecified atom stereocenters. The van der Waals surface area contributed by atoms with E-state index in [1.807, 2.05) is 12.1 Å². The Morgan fingerprint density at radius 3 is 2.80 bits per heavy atom. The fourth-order valence-corrected chi connectivity index (χ4v) is 3.40. The molecule has 7 heteroatoms. The maximum atomic E-state index is 13.5. The molecule has 0 bridgehead atoms. The monoisotopic (exact) mass is 356 g/mol. The SMILES string of the molecule is Fc1ccccc1OCCSc1nnc(-c2cccnc2)n1C1CC1. The lowest BCUT2D eigenvalue weighted by Crippen LogP contribution is -2.04. The second-order valence-electron chi connectivity index (χ2n) is 5.78. The molecule has 0 spiro atoms. The molecule has 128 valence electrons. The van der Waals surface area contributed by atoms with Crippen LogP contribution in [0.2, 0.25) is 0 Å². The largest absolute Gasteiger partial charge is 0.490 e. The van der Waals surface area contributed by atoms with E-state index in [4.69, 9.17) is 4.74 Å². The van der Waals surface area contributed by atoms with Crippen LogP contribution in [0.3, 0.4) is 0 Å². The molecule has 4 rings (SSSR count). The molecular formula is C18H17FN4OS. The molecule has 1 aliphatic rings. The van der Waals surface area contributed by atoms with Gasteiger partial charge in [0, 0.05) is 29.8 Å². The van der Waals surface area contributed by atoms with Crippen molar-refractivity contribution in [1.82, 2.24) is 19.7 Å². The Morgan fingerprint density at radius 2 is 2.04 bits per heavy atom. The molecule has 5 nitrogen and oxygen atoms in total. The lowest BCUT2D eigenvalue weighted by Gasteiger charge is -2.09. The maximum absolute atomic E-state index is 13.5. The van der Waals surface area contributed by atoms with Crippen LogP contribution in [-0.4, -0.2) is 32.1 Å². The summed E-state index contributed by atoms with van der Waals surface area (Å²) < 4.78 is 21.2. The van der Waals surface area contributed by atoms with E-state index >= 15 is 0 Å². The van der Waals surface area contributed by atoms with E-state index < -0.39 is 0 Å². The topological polar surface area (TPSA) is 52.8 Å². The summed E-state index contributed by atoms with van der Waals surface area (Å²) in [5.41, 5.74) is 0.969. The van der Waals surface area contributed by atoms with Crippen molar-refractivity contribution < 1.29 is 9.13 Å². The number of thioether (sulfide) groups is 1. The minimum absolute atomic E-state index is 0.280. The number of para-hydroxylation sites is 1. The van der Waals surface area contributed by atoms with E-state index in [1.165, 1.54) is 6.07 Å². The average Bonchev–Trinajstić information content (AvgIpc) is 3.40. The molecule has 3 aromatic rings. The number of ether oxygens (including phenoxy) is 1. The van der Waals surface area contributed by atoms with Crippen molar-refractivity contribution in [2.75, 3.05) is 12.4 Å². The first-order valence-electron chi connectivity index (χ1n) is 8.18. The van der Waals surface area contributed by atoms with Crippen LogP contribution in [0, 0.1) is 5.82 Å². The standard InChI is InChI=1S/C18H17FN4OS/c19-15-5-1-2-6-16(15)24-10-11-25-18-22-21-17(23(18)14-7-8-14)13-4-3-9-20-12-13/h1-6,9,12,14H,7-8,10-11H2. The van der Waals surface area contributed by atoms with Crippen molar-refractivity contribution in [1.29, 1.82) is 0 Å². The van der Waals surface area contributed by atoms with E-state index in [1.54, 1.807) is 42.4 Å². The molecule has 1 aliphatic carbocycles. The highest BCUT2D eigenvalue weighted by Gasteiger charge is 2.30. The summed E-state index contributed by atoms with van der Waals surface area (Å²) in [4.78, 5) is 4.16. The Labute approximate surface area is 149 Å². The number of benzene rings is 1. The number of rotatable bonds is 7. The summed E-state index contributed by atoms with van der Waals surface area (Å²) in [6.45, 7) is 0.408. The smallest absolute Gasteiger partial charge is 0.191 e. The van der Waals surface area contributed by atoms with E-state index in [9.17, 15) is 4.39 Å². The Morgan fingerprint density at radius 1 is 1.16 bits per heavy atom. The van der Waals surface area contributed by atoms with Crippen LogP contribution in [0.1, 0.15) is 18.9 Å². The maximum Gasteiger partial charge on any atom is 0.191 e. The van der Waals surface area contributed by atoms with Gasteiger partial charge in [-0.2, -0.15) is 0 Å². The first kappa shape index (κ1) is 16.1. The van der Waals surface area contributed by atoms with Crippen LogP contribution in [0.4, 0.5) is 4.39 Å². The molecule has 25 heavy (non-hydrogen) atoms. The van der Waals surface area contributed by atoms with Gasteiger partial charge in [-0.3, -0.25) is 9.55 Å². The van der Waals surface area contributed by atoms with Crippen LogP contribution >= 0.6 is 11.8 Å². The molecule has 0 amide bonds. The molecule has 2 heterocycles. The zero-order valence-corrected chi connectivity index (χ0v) is 14.3. The molecular weight excluding hydrogens is 339 g/mol. The van der Waals surface area contributed by atoms with Crippen LogP contribution in [0.5, 0.6) is 5.75 Å². The van der Waals surface area contributed by atoms with Gasteiger partial charge in [0.25, 0.3) is 0 Å². The van der Waals surface area contributed by atoms with E-state index in [2.05, 4.69) is 19.7 Å². The highest BCUT2D eigenvalue weighted by atomic mass is 32.2. The first-order chi connectivity index (χ1) is 12.3. The molecule has 1 aromatic carbocycles. The zero-order valence-electron chi connectivity index (χ0n) is 13.5. The van der Waals surface area contributed by atoms with Gasteiger partial charge in [0.05, 0.1) is 6.61 Å². The molecule has 0 atom stereocenters. The Hall–Kier alpha value is -2.41. The third-order valence-electron chi connectivity index (χ3n) is 3.91. The van der Waals surface area contributed by atoms with Crippen LogP contribution in [0.25, 0.3) is 11.4 Å². The van der Waals surface area contributed by atoms with Crippen molar-refractivity contribution >= 4 is 11.8 Å². The number of halogens is 1. The second-order valence-corrected chi connectivity index (χ2v) is 6.84. The van der Waals surface area contributed by atoms with Crippen LogP contribution in [0.15, 0.2) is 53.9 Å². The van der Waals surface area contributed by atoms with Crippen LogP contribution in [-0.2, 0) is 0 Å². The fourth-order valence-electron chi connectivity index (χ4n) is 2.58. The van der Waals surface area contributed by atoms with E-state index in [0.717, 1.165) is 29.4 Å². The lowest BCUT2D eigenvalue weighted by molar-refractivity contribution is 0.325. The first-order valence-corrected chi connectivity index (χ1v) is 9.17. The van der Waals surface area contributed by atoms with Gasteiger partial charge < -0.3 is 4.74 Å². The quantitative estimate of drug-likeness (QED) is 0.473. The highest BCUT2D eigenvalue weighted by Crippen LogP contribution is 2.40. The van der Waals surface area contributed by atoms with Crippen molar-refractivity contribution in [3.63, 3.8) is 0 Å². The van der Waals surface area contributed by atoms with Crippen molar-refractivity contribution in [2.24, 2.45) is 0 Å². The third kappa shape index (κ3) is 3.66. The van der Waals surface area contributed by atoms with Gasteiger partial charge in [-0.05, 0) is 37.1 Å². The van der Waals surface area contributed by atoms with Gasteiger partial charge in [-0.15, -0.1) is 10.2 Å². The summed E-state index contributed by atoms with van der Waals surface area (Å²) in [5.74, 6) is 1.47. The van der Waals surface area contributed by atoms with E-state index in [-0.39, 0.29) is 11.6 Å². The fraction of sp³-hybridized carbons (Fsp3) is 0.278. The van der Waals surface area contributed by atoms with Crippen molar-refractivity contribution in [3.05, 3.63) is 54.6 Å². The number of aromatic nitrogens is 4. The summed E-state index contributed by atoms with van der Waals surface area (Å²) in [5, 5.41) is 9.56. The minimum atomic E-state index is -0.340. The van der Waals surface area contributed by atoms with Gasteiger partial charge in [-0.1, -0.05) is 23.9 Å². The van der Waals surface area contributed by atoms with Gasteiger partial charge in [-0.25, -0.2) is 4.39 Å². The molecule has 2 aromatic heterocycles.